The van der Waals surface area contributed by atoms with E-state index in [-0.39, 0.29) is 11.1 Å². The zero-order valence-corrected chi connectivity index (χ0v) is 14.1. The SMILES string of the molecule is Nc1nc(Cl)cc(N2CCN(S(=O)(=O)N3CCOCC3)CC2)n1. The quantitative estimate of drug-likeness (QED) is 0.716. The van der Waals surface area contributed by atoms with E-state index >= 15 is 0 Å². The van der Waals surface area contributed by atoms with E-state index in [9.17, 15) is 8.42 Å². The summed E-state index contributed by atoms with van der Waals surface area (Å²) >= 11 is 5.89. The first kappa shape index (κ1) is 16.7. The van der Waals surface area contributed by atoms with Crippen molar-refractivity contribution in [1.82, 2.24) is 18.6 Å². The van der Waals surface area contributed by atoms with Crippen molar-refractivity contribution in [2.45, 2.75) is 0 Å². The van der Waals surface area contributed by atoms with Crippen LogP contribution >= 0.6 is 11.6 Å². The Balaban J connectivity index is 1.65. The molecule has 0 amide bonds. The van der Waals surface area contributed by atoms with Crippen molar-refractivity contribution >= 4 is 33.6 Å². The molecule has 23 heavy (non-hydrogen) atoms. The van der Waals surface area contributed by atoms with Crippen molar-refractivity contribution in [3.8, 4) is 0 Å². The van der Waals surface area contributed by atoms with Crippen LogP contribution in [0.15, 0.2) is 6.07 Å². The second-order valence-electron chi connectivity index (χ2n) is 5.31. The number of nitrogens with zero attached hydrogens (tertiary/aromatic N) is 5. The van der Waals surface area contributed by atoms with Crippen molar-refractivity contribution < 1.29 is 13.2 Å². The summed E-state index contributed by atoms with van der Waals surface area (Å²) in [5.74, 6) is 0.724. The van der Waals surface area contributed by atoms with Crippen LogP contribution in [-0.4, -0.2) is 79.5 Å². The zero-order chi connectivity index (χ0) is 16.4. The Labute approximate surface area is 140 Å². The topological polar surface area (TPSA) is 105 Å². The normalized spacial score (nSPS) is 21.5. The summed E-state index contributed by atoms with van der Waals surface area (Å²) in [4.78, 5) is 9.93. The summed E-state index contributed by atoms with van der Waals surface area (Å²) in [6.07, 6.45) is 0. The van der Waals surface area contributed by atoms with Crippen LogP contribution in [0.2, 0.25) is 5.15 Å². The average molecular weight is 363 g/mol. The molecule has 128 valence electrons. The Kier molecular flexibility index (Phi) is 4.87. The number of hydrogen-bond donors (Lipinski definition) is 1. The second-order valence-corrected chi connectivity index (χ2v) is 7.63. The molecule has 2 aliphatic rings. The molecule has 3 heterocycles. The molecule has 0 unspecified atom stereocenters. The molecule has 0 aromatic carbocycles. The average Bonchev–Trinajstić information content (AvgIpc) is 2.55. The van der Waals surface area contributed by atoms with Gasteiger partial charge in [-0.2, -0.15) is 22.0 Å². The molecule has 0 aliphatic carbocycles. The molecule has 2 N–H and O–H groups in total. The van der Waals surface area contributed by atoms with Gasteiger partial charge in [0.2, 0.25) is 5.95 Å². The van der Waals surface area contributed by atoms with Gasteiger partial charge in [0, 0.05) is 45.3 Å². The number of aromatic nitrogens is 2. The van der Waals surface area contributed by atoms with Gasteiger partial charge in [0.15, 0.2) is 0 Å². The number of morpholine rings is 1. The third kappa shape index (κ3) is 3.66. The minimum atomic E-state index is -3.43. The maximum atomic E-state index is 12.6. The van der Waals surface area contributed by atoms with Gasteiger partial charge in [-0.3, -0.25) is 0 Å². The zero-order valence-electron chi connectivity index (χ0n) is 12.6. The first-order chi connectivity index (χ1) is 11.0. The van der Waals surface area contributed by atoms with Gasteiger partial charge in [0.25, 0.3) is 10.2 Å². The van der Waals surface area contributed by atoms with Crippen LogP contribution in [0, 0.1) is 0 Å². The molecule has 0 spiro atoms. The summed E-state index contributed by atoms with van der Waals surface area (Å²) in [6, 6.07) is 1.63. The first-order valence-corrected chi connectivity index (χ1v) is 9.12. The number of nitrogens with two attached hydrogens (primary N) is 1. The molecule has 0 saturated carbocycles. The Bertz CT molecular complexity index is 639. The molecule has 0 atom stereocenters. The van der Waals surface area contributed by atoms with Crippen molar-refractivity contribution in [3.05, 3.63) is 11.2 Å². The molecule has 2 saturated heterocycles. The number of halogens is 1. The fraction of sp³-hybridized carbons (Fsp3) is 0.667. The number of nitrogen functional groups attached to an aromatic ring is 1. The van der Waals surface area contributed by atoms with Crippen LogP contribution in [-0.2, 0) is 14.9 Å². The van der Waals surface area contributed by atoms with Gasteiger partial charge < -0.3 is 15.4 Å². The van der Waals surface area contributed by atoms with E-state index in [0.717, 1.165) is 0 Å². The highest BCUT2D eigenvalue weighted by Crippen LogP contribution is 2.20. The van der Waals surface area contributed by atoms with E-state index in [0.29, 0.717) is 58.3 Å². The van der Waals surface area contributed by atoms with Gasteiger partial charge in [-0.05, 0) is 0 Å². The molecule has 0 radical (unpaired) electrons. The molecule has 1 aromatic rings. The molecule has 11 heteroatoms. The number of rotatable bonds is 3. The molecule has 2 fully saturated rings. The highest BCUT2D eigenvalue weighted by Gasteiger charge is 2.33. The molecule has 9 nitrogen and oxygen atoms in total. The molecule has 3 rings (SSSR count). The summed E-state index contributed by atoms with van der Waals surface area (Å²) in [7, 11) is -3.43. The van der Waals surface area contributed by atoms with Gasteiger partial charge in [0.05, 0.1) is 13.2 Å². The minimum Gasteiger partial charge on any atom is -0.379 e. The maximum absolute atomic E-state index is 12.6. The number of hydrogen-bond acceptors (Lipinski definition) is 7. The van der Waals surface area contributed by atoms with Gasteiger partial charge in [-0.15, -0.1) is 0 Å². The number of anilines is 2. The lowest BCUT2D eigenvalue weighted by atomic mass is 10.3. The lowest BCUT2D eigenvalue weighted by Gasteiger charge is -2.38. The molecule has 2 aliphatic heterocycles. The first-order valence-electron chi connectivity index (χ1n) is 7.35. The van der Waals surface area contributed by atoms with E-state index < -0.39 is 10.2 Å². The molecular formula is C12H19ClN6O3S. The van der Waals surface area contributed by atoms with E-state index in [4.69, 9.17) is 22.1 Å². The molecule has 0 bridgehead atoms. The Hall–Kier alpha value is -1.20. The summed E-state index contributed by atoms with van der Waals surface area (Å²) in [5, 5.41) is 0.274. The minimum absolute atomic E-state index is 0.107. The van der Waals surface area contributed by atoms with Crippen LogP contribution in [0.3, 0.4) is 0 Å². The van der Waals surface area contributed by atoms with Gasteiger partial charge in [-0.25, -0.2) is 4.98 Å². The van der Waals surface area contributed by atoms with Gasteiger partial charge in [0.1, 0.15) is 11.0 Å². The van der Waals surface area contributed by atoms with Gasteiger partial charge in [-0.1, -0.05) is 11.6 Å². The lowest BCUT2D eigenvalue weighted by molar-refractivity contribution is 0.0700. The standard InChI is InChI=1S/C12H19ClN6O3S/c13-10-9-11(16-12(14)15-10)17-1-3-18(4-2-17)23(20,21)19-5-7-22-8-6-19/h9H,1-8H2,(H2,14,15,16). The van der Waals surface area contributed by atoms with E-state index in [1.54, 1.807) is 6.07 Å². The predicted molar refractivity (Wildman–Crippen MR) is 86.6 cm³/mol. The van der Waals surface area contributed by atoms with E-state index in [1.165, 1.54) is 8.61 Å². The van der Waals surface area contributed by atoms with Crippen molar-refractivity contribution in [1.29, 1.82) is 0 Å². The van der Waals surface area contributed by atoms with Crippen LogP contribution in [0.1, 0.15) is 0 Å². The van der Waals surface area contributed by atoms with Crippen molar-refractivity contribution in [3.63, 3.8) is 0 Å². The highest BCUT2D eigenvalue weighted by atomic mass is 35.5. The summed E-state index contributed by atoms with van der Waals surface area (Å²) in [5.41, 5.74) is 5.60. The predicted octanol–water partition coefficient (Wildman–Crippen LogP) is -0.589. The number of piperazine rings is 1. The van der Waals surface area contributed by atoms with E-state index in [1.807, 2.05) is 4.90 Å². The van der Waals surface area contributed by atoms with Crippen molar-refractivity contribution in [2.75, 3.05) is 63.1 Å². The lowest BCUT2D eigenvalue weighted by Crippen LogP contribution is -2.55. The third-order valence-electron chi connectivity index (χ3n) is 3.88. The fourth-order valence-corrected chi connectivity index (χ4v) is 4.42. The Morgan fingerprint density at radius 3 is 2.26 bits per heavy atom. The number of ether oxygens (including phenoxy) is 1. The molecular weight excluding hydrogens is 344 g/mol. The molecule has 1 aromatic heterocycles. The van der Waals surface area contributed by atoms with Crippen molar-refractivity contribution in [2.24, 2.45) is 0 Å². The van der Waals surface area contributed by atoms with Gasteiger partial charge >= 0.3 is 0 Å². The highest BCUT2D eigenvalue weighted by molar-refractivity contribution is 7.86. The van der Waals surface area contributed by atoms with Crippen LogP contribution < -0.4 is 10.6 Å². The summed E-state index contributed by atoms with van der Waals surface area (Å²) in [6.45, 7) is 3.52. The Morgan fingerprint density at radius 1 is 1.04 bits per heavy atom. The van der Waals surface area contributed by atoms with Crippen LogP contribution in [0.25, 0.3) is 0 Å². The summed E-state index contributed by atoms with van der Waals surface area (Å²) < 4.78 is 33.4. The third-order valence-corrected chi connectivity index (χ3v) is 6.11. The van der Waals surface area contributed by atoms with E-state index in [2.05, 4.69) is 9.97 Å². The second kappa shape index (κ2) is 6.73. The fourth-order valence-electron chi connectivity index (χ4n) is 2.67. The van der Waals surface area contributed by atoms with Crippen LogP contribution in [0.4, 0.5) is 11.8 Å². The Morgan fingerprint density at radius 2 is 1.65 bits per heavy atom. The maximum Gasteiger partial charge on any atom is 0.282 e. The smallest absolute Gasteiger partial charge is 0.282 e. The largest absolute Gasteiger partial charge is 0.379 e. The van der Waals surface area contributed by atoms with Crippen LogP contribution in [0.5, 0.6) is 0 Å². The monoisotopic (exact) mass is 362 g/mol.